The molecule has 0 spiro atoms. The Bertz CT molecular complexity index is 1280. The van der Waals surface area contributed by atoms with E-state index in [0.29, 0.717) is 0 Å². The Morgan fingerprint density at radius 1 is 0.600 bits per heavy atom. The number of aryl methyl sites for hydroxylation is 2. The van der Waals surface area contributed by atoms with Crippen molar-refractivity contribution in [2.45, 2.75) is 12.8 Å². The Hall–Kier alpha value is -3.06. The number of aromatic nitrogens is 1. The van der Waals surface area contributed by atoms with Gasteiger partial charge in [0.25, 0.3) is 0 Å². The fraction of sp³-hybridized carbons (Fsp3) is 0.0833. The lowest BCUT2D eigenvalue weighted by Gasteiger charge is -2.20. The molecule has 1 aliphatic heterocycles. The zero-order chi connectivity index (χ0) is 16.4. The summed E-state index contributed by atoms with van der Waals surface area (Å²) in [7, 11) is 0. The van der Waals surface area contributed by atoms with E-state index in [0.717, 1.165) is 12.8 Å². The third kappa shape index (κ3) is 1.73. The van der Waals surface area contributed by atoms with Gasteiger partial charge < -0.3 is 4.40 Å². The maximum Gasteiger partial charge on any atom is 0.0569 e. The predicted molar refractivity (Wildman–Crippen MR) is 105 cm³/mol. The first-order chi connectivity index (χ1) is 12.4. The topological polar surface area (TPSA) is 4.41 Å². The van der Waals surface area contributed by atoms with Gasteiger partial charge in [0.15, 0.2) is 0 Å². The SMILES string of the molecule is c1ccc(-c2cc3c4c(c2)c2ccccc2c2ccc(n24)CC3)cc1. The molecule has 118 valence electrons. The van der Waals surface area contributed by atoms with E-state index in [1.165, 1.54) is 49.6 Å². The molecule has 0 aliphatic carbocycles. The van der Waals surface area contributed by atoms with Crippen molar-refractivity contribution in [3.05, 3.63) is 90.1 Å². The average molecular weight is 319 g/mol. The van der Waals surface area contributed by atoms with Crippen molar-refractivity contribution in [2.24, 2.45) is 0 Å². The summed E-state index contributed by atoms with van der Waals surface area (Å²) in [4.78, 5) is 0. The van der Waals surface area contributed by atoms with E-state index in [1.807, 2.05) is 0 Å². The van der Waals surface area contributed by atoms with Crippen LogP contribution in [0.3, 0.4) is 0 Å². The summed E-state index contributed by atoms with van der Waals surface area (Å²) in [6.45, 7) is 0. The molecule has 0 radical (unpaired) electrons. The Kier molecular flexibility index (Phi) is 2.51. The Morgan fingerprint density at radius 2 is 1.40 bits per heavy atom. The fourth-order valence-electron chi connectivity index (χ4n) is 4.50. The molecule has 0 fully saturated rings. The highest BCUT2D eigenvalue weighted by atomic mass is 14.9. The Balaban J connectivity index is 1.87. The summed E-state index contributed by atoms with van der Waals surface area (Å²) < 4.78 is 2.49. The van der Waals surface area contributed by atoms with Crippen LogP contribution in [0.1, 0.15) is 11.3 Å². The number of pyridine rings is 1. The molecule has 0 unspecified atom stereocenters. The number of hydrogen-bond acceptors (Lipinski definition) is 0. The molecule has 1 heteroatoms. The normalized spacial score (nSPS) is 13.3. The van der Waals surface area contributed by atoms with Gasteiger partial charge in [-0.2, -0.15) is 0 Å². The largest absolute Gasteiger partial charge is 0.313 e. The second-order valence-electron chi connectivity index (χ2n) is 6.99. The van der Waals surface area contributed by atoms with Crippen molar-refractivity contribution in [1.29, 1.82) is 0 Å². The van der Waals surface area contributed by atoms with Gasteiger partial charge in [-0.3, -0.25) is 0 Å². The molecule has 0 saturated heterocycles. The van der Waals surface area contributed by atoms with E-state index in [4.69, 9.17) is 0 Å². The zero-order valence-electron chi connectivity index (χ0n) is 13.9. The molecule has 3 heterocycles. The fourth-order valence-corrected chi connectivity index (χ4v) is 4.50. The minimum atomic E-state index is 1.12. The van der Waals surface area contributed by atoms with Crippen molar-refractivity contribution < 1.29 is 0 Å². The minimum absolute atomic E-state index is 1.12. The summed E-state index contributed by atoms with van der Waals surface area (Å²) in [5.74, 6) is 0. The first-order valence-corrected chi connectivity index (χ1v) is 8.93. The van der Waals surface area contributed by atoms with Gasteiger partial charge in [-0.15, -0.1) is 0 Å². The van der Waals surface area contributed by atoms with E-state index in [-0.39, 0.29) is 0 Å². The highest BCUT2D eigenvalue weighted by Gasteiger charge is 2.19. The van der Waals surface area contributed by atoms with Crippen LogP contribution in [0, 0.1) is 0 Å². The van der Waals surface area contributed by atoms with Gasteiger partial charge in [-0.25, -0.2) is 0 Å². The van der Waals surface area contributed by atoms with Gasteiger partial charge in [0.1, 0.15) is 0 Å². The van der Waals surface area contributed by atoms with Crippen molar-refractivity contribution in [2.75, 3.05) is 0 Å². The van der Waals surface area contributed by atoms with Crippen LogP contribution in [0.25, 0.3) is 38.3 Å². The van der Waals surface area contributed by atoms with Crippen molar-refractivity contribution >= 4 is 27.2 Å². The molecular formula is C24H17N. The summed E-state index contributed by atoms with van der Waals surface area (Å²) in [6.07, 6.45) is 2.24. The van der Waals surface area contributed by atoms with E-state index in [1.54, 1.807) is 0 Å². The summed E-state index contributed by atoms with van der Waals surface area (Å²) in [6, 6.07) is 28.9. The van der Waals surface area contributed by atoms with Gasteiger partial charge in [-0.1, -0.05) is 54.6 Å². The van der Waals surface area contributed by atoms with Crippen LogP contribution in [-0.2, 0) is 12.8 Å². The van der Waals surface area contributed by atoms with Crippen LogP contribution in [-0.4, -0.2) is 4.40 Å². The molecule has 6 rings (SSSR count). The van der Waals surface area contributed by atoms with Crippen molar-refractivity contribution in [1.82, 2.24) is 4.40 Å². The van der Waals surface area contributed by atoms with Gasteiger partial charge >= 0.3 is 0 Å². The molecule has 0 saturated carbocycles. The third-order valence-corrected chi connectivity index (χ3v) is 5.62. The average Bonchev–Trinajstić information content (AvgIpc) is 3.13. The lowest BCUT2D eigenvalue weighted by Crippen LogP contribution is -2.07. The molecule has 25 heavy (non-hydrogen) atoms. The predicted octanol–water partition coefficient (Wildman–Crippen LogP) is 6.01. The van der Waals surface area contributed by atoms with E-state index in [9.17, 15) is 0 Å². The third-order valence-electron chi connectivity index (χ3n) is 5.62. The lowest BCUT2D eigenvalue weighted by molar-refractivity contribution is 0.877. The number of fused-ring (bicyclic) bond motifs is 3. The van der Waals surface area contributed by atoms with Gasteiger partial charge in [0.05, 0.1) is 11.0 Å². The summed E-state index contributed by atoms with van der Waals surface area (Å²) in [5, 5.41) is 4.08. The number of benzene rings is 3. The second kappa shape index (κ2) is 4.73. The van der Waals surface area contributed by atoms with Crippen LogP contribution in [0.15, 0.2) is 78.9 Å². The van der Waals surface area contributed by atoms with Crippen LogP contribution in [0.5, 0.6) is 0 Å². The first-order valence-electron chi connectivity index (χ1n) is 8.93. The van der Waals surface area contributed by atoms with Crippen LogP contribution in [0.2, 0.25) is 0 Å². The molecule has 1 nitrogen and oxygen atoms in total. The second-order valence-corrected chi connectivity index (χ2v) is 6.99. The van der Waals surface area contributed by atoms with Crippen LogP contribution in [0.4, 0.5) is 0 Å². The molecule has 1 aliphatic rings. The molecule has 5 aromatic rings. The number of nitrogens with zero attached hydrogens (tertiary/aromatic N) is 1. The minimum Gasteiger partial charge on any atom is -0.313 e. The van der Waals surface area contributed by atoms with E-state index in [2.05, 4.69) is 83.3 Å². The lowest BCUT2D eigenvalue weighted by atomic mass is 9.92. The monoisotopic (exact) mass is 319 g/mol. The number of hydrogen-bond donors (Lipinski definition) is 0. The van der Waals surface area contributed by atoms with Crippen molar-refractivity contribution in [3.8, 4) is 11.1 Å². The Morgan fingerprint density at radius 3 is 2.28 bits per heavy atom. The summed E-state index contributed by atoms with van der Waals surface area (Å²) >= 11 is 0. The number of rotatable bonds is 1. The molecular weight excluding hydrogens is 302 g/mol. The standard InChI is InChI=1S/C24H17N/c1-2-6-16(7-3-1)18-14-17-10-11-19-12-13-23-21-9-5-4-8-20(21)22(15-18)24(17)25(19)23/h1-9,12-15H,10-11H2. The first kappa shape index (κ1) is 13.3. The van der Waals surface area contributed by atoms with Gasteiger partial charge in [0, 0.05) is 16.5 Å². The van der Waals surface area contributed by atoms with Crippen molar-refractivity contribution in [3.63, 3.8) is 0 Å². The maximum atomic E-state index is 2.49. The van der Waals surface area contributed by atoms with Gasteiger partial charge in [-0.05, 0) is 59.2 Å². The summed E-state index contributed by atoms with van der Waals surface area (Å²) in [5.41, 5.74) is 8.26. The molecule has 0 atom stereocenters. The molecule has 3 aromatic carbocycles. The molecule has 0 amide bonds. The molecule has 0 N–H and O–H groups in total. The van der Waals surface area contributed by atoms with Gasteiger partial charge in [0.2, 0.25) is 0 Å². The maximum absolute atomic E-state index is 2.49. The highest BCUT2D eigenvalue weighted by molar-refractivity contribution is 6.14. The zero-order valence-corrected chi connectivity index (χ0v) is 13.9. The van der Waals surface area contributed by atoms with Crippen LogP contribution < -0.4 is 0 Å². The molecule has 2 aromatic heterocycles. The van der Waals surface area contributed by atoms with Crippen LogP contribution >= 0.6 is 0 Å². The molecule has 0 bridgehead atoms. The highest BCUT2D eigenvalue weighted by Crippen LogP contribution is 2.38. The van der Waals surface area contributed by atoms with E-state index >= 15 is 0 Å². The Labute approximate surface area is 146 Å². The van der Waals surface area contributed by atoms with E-state index < -0.39 is 0 Å². The smallest absolute Gasteiger partial charge is 0.0569 e. The quantitative estimate of drug-likeness (QED) is 0.333.